The van der Waals surface area contributed by atoms with E-state index in [0.29, 0.717) is 33.6 Å². The summed E-state index contributed by atoms with van der Waals surface area (Å²) in [6, 6.07) is 16.3. The van der Waals surface area contributed by atoms with Crippen molar-refractivity contribution in [1.82, 2.24) is 9.73 Å². The van der Waals surface area contributed by atoms with E-state index in [1.54, 1.807) is 30.3 Å². The fourth-order valence-corrected chi connectivity index (χ4v) is 6.03. The Morgan fingerprint density at radius 1 is 1.17 bits per heavy atom. The van der Waals surface area contributed by atoms with Crippen LogP contribution in [0.2, 0.25) is 5.02 Å². The molecule has 0 saturated carbocycles. The number of nitrogens with zero attached hydrogens (tertiary/aromatic N) is 2. The number of sulfonamides is 1. The second-order valence-electron chi connectivity index (χ2n) is 8.07. The molecular formula is C25H22BrClFN3O4S. The lowest BCUT2D eigenvalue weighted by Gasteiger charge is -2.22. The summed E-state index contributed by atoms with van der Waals surface area (Å²) in [5, 5.41) is 4.43. The minimum absolute atomic E-state index is 0.0849. The van der Waals surface area contributed by atoms with Gasteiger partial charge in [0.25, 0.3) is 5.91 Å². The Balaban J connectivity index is 1.36. The van der Waals surface area contributed by atoms with Gasteiger partial charge in [-0.05, 0) is 94.5 Å². The summed E-state index contributed by atoms with van der Waals surface area (Å²) >= 11 is 9.31. The predicted molar refractivity (Wildman–Crippen MR) is 139 cm³/mol. The smallest absolute Gasteiger partial charge is 0.258 e. The number of rotatable bonds is 8. The van der Waals surface area contributed by atoms with Gasteiger partial charge >= 0.3 is 0 Å². The lowest BCUT2D eigenvalue weighted by atomic mass is 10.2. The van der Waals surface area contributed by atoms with Gasteiger partial charge in [0.15, 0.2) is 0 Å². The van der Waals surface area contributed by atoms with Crippen LogP contribution >= 0.6 is 27.5 Å². The third-order valence-electron chi connectivity index (χ3n) is 5.58. The zero-order valence-corrected chi connectivity index (χ0v) is 22.1. The quantitative estimate of drug-likeness (QED) is 0.290. The first-order valence-corrected chi connectivity index (χ1v) is 13.6. The Morgan fingerprint density at radius 3 is 2.58 bits per heavy atom. The summed E-state index contributed by atoms with van der Waals surface area (Å²) in [7, 11) is -3.84. The molecule has 1 atom stereocenters. The number of hydrazone groups is 1. The Bertz CT molecular complexity index is 1370. The van der Waals surface area contributed by atoms with E-state index in [1.165, 1.54) is 46.9 Å². The summed E-state index contributed by atoms with van der Waals surface area (Å²) in [4.78, 5) is 12.8. The van der Waals surface area contributed by atoms with Gasteiger partial charge in [0, 0.05) is 11.6 Å². The van der Waals surface area contributed by atoms with E-state index in [1.807, 2.05) is 0 Å². The van der Waals surface area contributed by atoms with Crippen molar-refractivity contribution in [3.05, 3.63) is 93.2 Å². The number of hydrogen-bond donors (Lipinski definition) is 1. The van der Waals surface area contributed by atoms with Crippen LogP contribution in [-0.4, -0.2) is 37.4 Å². The summed E-state index contributed by atoms with van der Waals surface area (Å²) in [6.07, 6.45) is 2.43. The van der Waals surface area contributed by atoms with Crippen molar-refractivity contribution in [1.29, 1.82) is 0 Å². The number of halogens is 3. The van der Waals surface area contributed by atoms with E-state index in [-0.39, 0.29) is 23.9 Å². The van der Waals surface area contributed by atoms with Crippen LogP contribution in [0.4, 0.5) is 4.39 Å². The monoisotopic (exact) mass is 593 g/mol. The summed E-state index contributed by atoms with van der Waals surface area (Å²) in [5.41, 5.74) is 3.96. The molecule has 1 saturated heterocycles. The average molecular weight is 595 g/mol. The highest BCUT2D eigenvalue weighted by molar-refractivity contribution is 9.10. The molecule has 1 heterocycles. The first kappa shape index (κ1) is 26.3. The molecule has 11 heteroatoms. The van der Waals surface area contributed by atoms with Crippen molar-refractivity contribution in [2.75, 3.05) is 6.54 Å². The molecule has 0 aromatic heterocycles. The SMILES string of the molecule is O=C(N/N=C\c1ccc(OCc2ccc(F)cc2)c(Br)c1)[C@H]1CCCN1S(=O)(=O)c1ccc(Cl)cc1. The maximum absolute atomic E-state index is 13.0. The van der Waals surface area contributed by atoms with E-state index < -0.39 is 22.0 Å². The number of amides is 1. The minimum atomic E-state index is -3.84. The zero-order chi connectivity index (χ0) is 25.7. The Kier molecular flexibility index (Phi) is 8.40. The fraction of sp³-hybridized carbons (Fsp3) is 0.200. The first-order valence-electron chi connectivity index (χ1n) is 11.0. The van der Waals surface area contributed by atoms with Crippen molar-refractivity contribution < 1.29 is 22.3 Å². The van der Waals surface area contributed by atoms with E-state index in [0.717, 1.165) is 5.56 Å². The highest BCUT2D eigenvalue weighted by Crippen LogP contribution is 2.28. The molecule has 7 nitrogen and oxygen atoms in total. The molecule has 0 spiro atoms. The van der Waals surface area contributed by atoms with Crippen molar-refractivity contribution >= 4 is 49.7 Å². The van der Waals surface area contributed by atoms with Crippen molar-refractivity contribution in [3.8, 4) is 5.75 Å². The molecule has 1 N–H and O–H groups in total. The number of benzene rings is 3. The second kappa shape index (κ2) is 11.5. The van der Waals surface area contributed by atoms with Gasteiger partial charge in [0.2, 0.25) is 10.0 Å². The van der Waals surface area contributed by atoms with E-state index in [2.05, 4.69) is 26.5 Å². The number of hydrogen-bond acceptors (Lipinski definition) is 5. The highest BCUT2D eigenvalue weighted by Gasteiger charge is 2.39. The molecule has 0 bridgehead atoms. The maximum Gasteiger partial charge on any atom is 0.258 e. The number of ether oxygens (including phenoxy) is 1. The summed E-state index contributed by atoms with van der Waals surface area (Å²) in [5.74, 6) is -0.214. The normalized spacial score (nSPS) is 16.4. The molecule has 3 aromatic rings. The number of carbonyl (C=O) groups is 1. The predicted octanol–water partition coefficient (Wildman–Crippen LogP) is 5.12. The van der Waals surface area contributed by atoms with Crippen LogP contribution in [-0.2, 0) is 21.4 Å². The fourth-order valence-electron chi connectivity index (χ4n) is 3.73. The second-order valence-corrected chi connectivity index (χ2v) is 11.2. The lowest BCUT2D eigenvalue weighted by molar-refractivity contribution is -0.124. The number of carbonyl (C=O) groups excluding carboxylic acids is 1. The first-order chi connectivity index (χ1) is 17.2. The Hall–Kier alpha value is -2.79. The van der Waals surface area contributed by atoms with Crippen LogP contribution in [0.15, 0.2) is 81.2 Å². The molecule has 188 valence electrons. The van der Waals surface area contributed by atoms with Gasteiger partial charge in [0.1, 0.15) is 24.2 Å². The average Bonchev–Trinajstić information content (AvgIpc) is 3.36. The molecular weight excluding hydrogens is 573 g/mol. The molecule has 1 fully saturated rings. The van der Waals surface area contributed by atoms with Gasteiger partial charge in [-0.25, -0.2) is 18.2 Å². The Labute approximate surface area is 222 Å². The van der Waals surface area contributed by atoms with E-state index >= 15 is 0 Å². The molecule has 1 amide bonds. The third-order valence-corrected chi connectivity index (χ3v) is 8.37. The van der Waals surface area contributed by atoms with Gasteiger partial charge in [-0.3, -0.25) is 4.79 Å². The Morgan fingerprint density at radius 2 is 1.89 bits per heavy atom. The van der Waals surface area contributed by atoms with E-state index in [9.17, 15) is 17.6 Å². The molecule has 1 aliphatic heterocycles. The molecule has 4 rings (SSSR count). The molecule has 0 aliphatic carbocycles. The zero-order valence-electron chi connectivity index (χ0n) is 18.9. The molecule has 36 heavy (non-hydrogen) atoms. The van der Waals surface area contributed by atoms with Crippen molar-refractivity contribution in [2.24, 2.45) is 5.10 Å². The van der Waals surface area contributed by atoms with Crippen LogP contribution in [0.3, 0.4) is 0 Å². The van der Waals surface area contributed by atoms with E-state index in [4.69, 9.17) is 16.3 Å². The van der Waals surface area contributed by atoms with Crippen molar-refractivity contribution in [3.63, 3.8) is 0 Å². The molecule has 0 unspecified atom stereocenters. The lowest BCUT2D eigenvalue weighted by Crippen LogP contribution is -2.44. The molecule has 0 radical (unpaired) electrons. The standard InChI is InChI=1S/C25H22BrClFN3O4S/c26-22-14-18(5-12-24(22)35-16-17-3-8-20(28)9-4-17)15-29-30-25(32)23-2-1-13-31(23)36(33,34)21-10-6-19(27)7-11-21/h3-12,14-15,23H,1-2,13,16H2,(H,30,32)/b29-15-/t23-/m1/s1. The summed E-state index contributed by atoms with van der Waals surface area (Å²) < 4.78 is 46.7. The highest BCUT2D eigenvalue weighted by atomic mass is 79.9. The van der Waals surface area contributed by atoms with Gasteiger partial charge < -0.3 is 4.74 Å². The van der Waals surface area contributed by atoms with Gasteiger partial charge in [-0.15, -0.1) is 0 Å². The maximum atomic E-state index is 13.0. The van der Waals surface area contributed by atoms with Gasteiger partial charge in [0.05, 0.1) is 15.6 Å². The molecule has 1 aliphatic rings. The molecule has 3 aromatic carbocycles. The summed E-state index contributed by atoms with van der Waals surface area (Å²) in [6.45, 7) is 0.526. The largest absolute Gasteiger partial charge is 0.488 e. The number of nitrogens with one attached hydrogen (secondary N) is 1. The minimum Gasteiger partial charge on any atom is -0.488 e. The van der Waals surface area contributed by atoms with Gasteiger partial charge in [-0.2, -0.15) is 9.41 Å². The van der Waals surface area contributed by atoms with Crippen molar-refractivity contribution in [2.45, 2.75) is 30.4 Å². The van der Waals surface area contributed by atoms with Crippen LogP contribution in [0.1, 0.15) is 24.0 Å². The van der Waals surface area contributed by atoms with Gasteiger partial charge in [-0.1, -0.05) is 23.7 Å². The third kappa shape index (κ3) is 6.31. The van der Waals surface area contributed by atoms with Crippen LogP contribution in [0.25, 0.3) is 0 Å². The van der Waals surface area contributed by atoms with Crippen LogP contribution in [0.5, 0.6) is 5.75 Å². The van der Waals surface area contributed by atoms with Crippen LogP contribution in [0, 0.1) is 5.82 Å². The topological polar surface area (TPSA) is 88.1 Å². The van der Waals surface area contributed by atoms with Crippen LogP contribution < -0.4 is 10.2 Å².